The van der Waals surface area contributed by atoms with Gasteiger partial charge in [-0.05, 0) is 0 Å². The Morgan fingerprint density at radius 2 is 1.43 bits per heavy atom. The van der Waals surface area contributed by atoms with E-state index in [1.165, 1.54) is 0 Å². The molecule has 0 radical (unpaired) electrons. The first-order valence-electron chi connectivity index (χ1n) is 0.748. The van der Waals surface area contributed by atoms with Crippen molar-refractivity contribution in [1.82, 2.24) is 0 Å². The number of hydrogen-bond acceptors (Lipinski definition) is 3. The van der Waals surface area contributed by atoms with Crippen LogP contribution in [-0.4, -0.2) is 10.4 Å². The Morgan fingerprint density at radius 3 is 1.43 bits per heavy atom. The molecule has 46 valence electrons. The van der Waals surface area contributed by atoms with Crippen LogP contribution in [0.2, 0.25) is 0 Å². The van der Waals surface area contributed by atoms with E-state index in [4.69, 9.17) is 19.2 Å². The van der Waals surface area contributed by atoms with Crippen LogP contribution in [0, 0.1) is 40.4 Å². The molecule has 3 N–H and O–H groups in total. The molecule has 0 aromatic carbocycles. The van der Waals surface area contributed by atoms with Crippen molar-refractivity contribution in [2.45, 2.75) is 0 Å². The second-order valence-corrected chi connectivity index (χ2v) is 1.41. The zero-order chi connectivity index (χ0) is 4.50. The molecule has 0 unspecified atom stereocenters. The van der Waals surface area contributed by atoms with E-state index in [0.29, 0.717) is 0 Å². The van der Waals surface area contributed by atoms with E-state index in [2.05, 4.69) is 0 Å². The molecule has 0 aliphatic rings. The number of rotatable bonds is 0. The van der Waals surface area contributed by atoms with Crippen molar-refractivity contribution < 1.29 is 65.1 Å². The van der Waals surface area contributed by atoms with Crippen LogP contribution in [0.3, 0.4) is 0 Å². The standard InChI is InChI=1S/H3O4P.H2O.Sm/c1-5(2,3)4;;/h(H3,1,2,3,4);1H2;/p-2. The third-order valence-electron chi connectivity index (χ3n) is 0. The van der Waals surface area contributed by atoms with Gasteiger partial charge in [0, 0.05) is 40.4 Å². The SMILES string of the molecule is O.O=P([O-])([O-])O.[Sm]. The Kier molecular flexibility index (Phi) is 12.5. The molecule has 0 aliphatic heterocycles. The molecule has 5 nitrogen and oxygen atoms in total. The van der Waals surface area contributed by atoms with Gasteiger partial charge in [-0.3, -0.25) is 0 Å². The minimum absolute atomic E-state index is 0. The van der Waals surface area contributed by atoms with Gasteiger partial charge in [0.25, 0.3) is 0 Å². The largest absolute Gasteiger partial charge is 0.790 e. The Hall–Kier alpha value is 1.41. The van der Waals surface area contributed by atoms with Crippen LogP contribution in [0.25, 0.3) is 0 Å². The molecule has 7 heavy (non-hydrogen) atoms. The van der Waals surface area contributed by atoms with Gasteiger partial charge in [0.15, 0.2) is 0 Å². The topological polar surface area (TPSA) is 115 Å². The minimum atomic E-state index is -5.14. The van der Waals surface area contributed by atoms with Crippen molar-refractivity contribution in [3.05, 3.63) is 0 Å². The summed E-state index contributed by atoms with van der Waals surface area (Å²) in [4.78, 5) is 24.3. The van der Waals surface area contributed by atoms with Crippen LogP contribution < -0.4 is 9.79 Å². The van der Waals surface area contributed by atoms with Gasteiger partial charge >= 0.3 is 0 Å². The van der Waals surface area contributed by atoms with Crippen molar-refractivity contribution in [3.8, 4) is 0 Å². The van der Waals surface area contributed by atoms with Crippen molar-refractivity contribution in [2.24, 2.45) is 0 Å². The molecule has 0 saturated heterocycles. The van der Waals surface area contributed by atoms with Gasteiger partial charge in [-0.25, -0.2) is 0 Å². The molecule has 0 aromatic heterocycles. The van der Waals surface area contributed by atoms with E-state index in [9.17, 15) is 0 Å². The van der Waals surface area contributed by atoms with Crippen molar-refractivity contribution in [3.63, 3.8) is 0 Å². The van der Waals surface area contributed by atoms with Crippen LogP contribution in [0.4, 0.5) is 0 Å². The second-order valence-electron chi connectivity index (χ2n) is 0.469. The summed E-state index contributed by atoms with van der Waals surface area (Å²) in [5.74, 6) is 0. The molecule has 0 bridgehead atoms. The van der Waals surface area contributed by atoms with Gasteiger partial charge in [0.1, 0.15) is 0 Å². The van der Waals surface area contributed by atoms with Crippen LogP contribution in [0.1, 0.15) is 0 Å². The monoisotopic (exact) mass is 266 g/mol. The summed E-state index contributed by atoms with van der Waals surface area (Å²) in [5, 5.41) is 0. The van der Waals surface area contributed by atoms with Crippen molar-refractivity contribution in [2.75, 3.05) is 0 Å². The van der Waals surface area contributed by atoms with E-state index in [0.717, 1.165) is 0 Å². The Morgan fingerprint density at radius 1 is 1.43 bits per heavy atom. The van der Waals surface area contributed by atoms with E-state index in [1.807, 2.05) is 0 Å². The third kappa shape index (κ3) is 109. The number of phosphoric acid groups is 1. The van der Waals surface area contributed by atoms with Gasteiger partial charge in [-0.15, -0.1) is 0 Å². The molecular weight excluding hydrogens is 261 g/mol. The summed E-state index contributed by atoms with van der Waals surface area (Å²) in [6.07, 6.45) is 0. The summed E-state index contributed by atoms with van der Waals surface area (Å²) in [5.41, 5.74) is 0. The predicted molar refractivity (Wildman–Crippen MR) is 13.4 cm³/mol. The van der Waals surface area contributed by atoms with Gasteiger partial charge < -0.3 is 24.7 Å². The Labute approximate surface area is 72.4 Å². The molecular formula is H3O5PSm-2. The molecule has 0 heterocycles. The van der Waals surface area contributed by atoms with Gasteiger partial charge in [0.2, 0.25) is 0 Å². The first kappa shape index (κ1) is 15.8. The van der Waals surface area contributed by atoms with E-state index < -0.39 is 7.82 Å². The maximum absolute atomic E-state index is 8.66. The average Bonchev–Trinajstić information content (AvgIpc) is 0.722. The molecule has 7 heteroatoms. The molecule has 0 aliphatic carbocycles. The fraction of sp³-hybridized carbons (Fsp3) is 0. The van der Waals surface area contributed by atoms with Gasteiger partial charge in [-0.1, -0.05) is 0 Å². The predicted octanol–water partition coefficient (Wildman–Crippen LogP) is -3.02. The maximum Gasteiger partial charge on any atom is 0.0557 e. The molecule has 0 amide bonds. The van der Waals surface area contributed by atoms with Crippen LogP contribution in [0.5, 0.6) is 0 Å². The van der Waals surface area contributed by atoms with Gasteiger partial charge in [0.05, 0.1) is 7.82 Å². The summed E-state index contributed by atoms with van der Waals surface area (Å²) >= 11 is 0. The van der Waals surface area contributed by atoms with Crippen molar-refractivity contribution >= 4 is 7.82 Å². The Balaban J connectivity index is -0.0000000800. The average molecular weight is 264 g/mol. The first-order chi connectivity index (χ1) is 2.00. The molecule has 0 aromatic rings. The maximum atomic E-state index is 8.66. The number of hydrogen-bond donors (Lipinski definition) is 1. The Bertz CT molecular complexity index is 54.2. The quantitative estimate of drug-likeness (QED) is 0.469. The zero-order valence-corrected chi connectivity index (χ0v) is 6.54. The summed E-state index contributed by atoms with van der Waals surface area (Å²) in [7, 11) is -5.14. The van der Waals surface area contributed by atoms with E-state index in [1.54, 1.807) is 0 Å². The van der Waals surface area contributed by atoms with Crippen LogP contribution in [0.15, 0.2) is 0 Å². The smallest absolute Gasteiger partial charge is 0.0557 e. The fourth-order valence-electron chi connectivity index (χ4n) is 0. The first-order valence-corrected chi connectivity index (χ1v) is 2.24. The molecule has 0 fully saturated rings. The second kappa shape index (κ2) is 5.54. The van der Waals surface area contributed by atoms with Crippen molar-refractivity contribution in [1.29, 1.82) is 0 Å². The zero-order valence-electron chi connectivity index (χ0n) is 3.03. The van der Waals surface area contributed by atoms with Crippen LogP contribution >= 0.6 is 7.82 Å². The summed E-state index contributed by atoms with van der Waals surface area (Å²) in [6.45, 7) is 0. The molecule has 0 rings (SSSR count). The van der Waals surface area contributed by atoms with Crippen LogP contribution in [-0.2, 0) is 4.57 Å². The molecule has 0 atom stereocenters. The third-order valence-corrected chi connectivity index (χ3v) is 0. The fourth-order valence-corrected chi connectivity index (χ4v) is 0. The van der Waals surface area contributed by atoms with Gasteiger partial charge in [-0.2, -0.15) is 0 Å². The van der Waals surface area contributed by atoms with E-state index >= 15 is 0 Å². The molecule has 0 saturated carbocycles. The summed E-state index contributed by atoms with van der Waals surface area (Å²) < 4.78 is 8.66. The normalized spacial score (nSPS) is 8.43. The summed E-state index contributed by atoms with van der Waals surface area (Å²) in [6, 6.07) is 0. The molecule has 0 spiro atoms. The minimum Gasteiger partial charge on any atom is -0.790 e. The van der Waals surface area contributed by atoms with E-state index in [-0.39, 0.29) is 45.9 Å².